The van der Waals surface area contributed by atoms with Crippen molar-refractivity contribution < 1.29 is 14.2 Å². The summed E-state index contributed by atoms with van der Waals surface area (Å²) >= 11 is -0.933. The van der Waals surface area contributed by atoms with Gasteiger partial charge in [0.2, 0.25) is 0 Å². The summed E-state index contributed by atoms with van der Waals surface area (Å²) < 4.78 is 19.2. The molecule has 0 aromatic heterocycles. The van der Waals surface area contributed by atoms with Crippen LogP contribution in [0.5, 0.6) is 17.2 Å². The number of methoxy groups -OCH3 is 1. The van der Waals surface area contributed by atoms with Crippen LogP contribution in [-0.2, 0) is 0 Å². The molecule has 0 bridgehead atoms. The topological polar surface area (TPSA) is 27.7 Å². The van der Waals surface area contributed by atoms with Crippen LogP contribution in [0.3, 0.4) is 0 Å². The van der Waals surface area contributed by atoms with E-state index in [-0.39, 0.29) is 5.60 Å². The molecule has 3 unspecified atom stereocenters. The summed E-state index contributed by atoms with van der Waals surface area (Å²) in [6.07, 6.45) is 0. The van der Waals surface area contributed by atoms with Crippen LogP contribution in [0.4, 0.5) is 0 Å². The molecule has 3 atom stereocenters. The molecule has 2 heterocycles. The van der Waals surface area contributed by atoms with Gasteiger partial charge in [-0.1, -0.05) is 0 Å². The Labute approximate surface area is 147 Å². The van der Waals surface area contributed by atoms with E-state index in [1.165, 1.54) is 10.0 Å². The molecule has 1 fully saturated rings. The Morgan fingerprint density at radius 1 is 1.12 bits per heavy atom. The van der Waals surface area contributed by atoms with Crippen molar-refractivity contribution in [2.45, 2.75) is 36.0 Å². The van der Waals surface area contributed by atoms with E-state index in [4.69, 9.17) is 14.2 Å². The minimum absolute atomic E-state index is 0.129. The third kappa shape index (κ3) is 2.40. The Balaban J connectivity index is 1.78. The van der Waals surface area contributed by atoms with Gasteiger partial charge in [0.25, 0.3) is 0 Å². The summed E-state index contributed by atoms with van der Waals surface area (Å²) in [5.74, 6) is 2.54. The van der Waals surface area contributed by atoms with E-state index in [0.717, 1.165) is 17.2 Å². The first kappa shape index (κ1) is 15.9. The Bertz CT molecular complexity index is 757. The normalized spacial score (nSPS) is 25.9. The van der Waals surface area contributed by atoms with Gasteiger partial charge in [-0.05, 0) is 0 Å². The molecule has 2 aromatic carbocycles. The summed E-state index contributed by atoms with van der Waals surface area (Å²) in [5, 5.41) is 0. The van der Waals surface area contributed by atoms with Crippen molar-refractivity contribution in [3.63, 3.8) is 0 Å². The zero-order chi connectivity index (χ0) is 16.9. The van der Waals surface area contributed by atoms with Gasteiger partial charge in [0.15, 0.2) is 0 Å². The number of rotatable bonds is 4. The van der Waals surface area contributed by atoms with Crippen LogP contribution in [0, 0.1) is 0 Å². The fourth-order valence-electron chi connectivity index (χ4n) is 3.69. The second-order valence-electron chi connectivity index (χ2n) is 6.71. The Morgan fingerprint density at radius 2 is 1.88 bits per heavy atom. The number of benzene rings is 2. The molecular weight excluding hydrogens is 367 g/mol. The number of hydrogen-bond donors (Lipinski definition) is 0. The molecule has 0 aliphatic carbocycles. The van der Waals surface area contributed by atoms with E-state index in [1.54, 1.807) is 7.11 Å². The SMILES string of the molecule is CCOc1cc2c(cc1OC)C1C([Se+]1c1ccccc1)C(C)(C)O2. The quantitative estimate of drug-likeness (QED) is 0.746. The van der Waals surface area contributed by atoms with E-state index in [2.05, 4.69) is 50.2 Å². The average molecular weight is 390 g/mol. The molecule has 24 heavy (non-hydrogen) atoms. The summed E-state index contributed by atoms with van der Waals surface area (Å²) in [6, 6.07) is 15.1. The van der Waals surface area contributed by atoms with Crippen LogP contribution in [-0.4, -0.2) is 33.2 Å². The molecule has 0 N–H and O–H groups in total. The molecule has 4 rings (SSSR count). The van der Waals surface area contributed by atoms with Crippen molar-refractivity contribution in [3.05, 3.63) is 48.0 Å². The monoisotopic (exact) mass is 391 g/mol. The van der Waals surface area contributed by atoms with Gasteiger partial charge in [-0.15, -0.1) is 0 Å². The van der Waals surface area contributed by atoms with Gasteiger partial charge < -0.3 is 0 Å². The molecule has 2 aromatic rings. The predicted octanol–water partition coefficient (Wildman–Crippen LogP) is 3.67. The number of ether oxygens (including phenoxy) is 3. The average Bonchev–Trinajstić information content (AvgIpc) is 3.32. The predicted molar refractivity (Wildman–Crippen MR) is 97.2 cm³/mol. The fraction of sp³-hybridized carbons (Fsp3) is 0.400. The third-order valence-electron chi connectivity index (χ3n) is 4.72. The van der Waals surface area contributed by atoms with Crippen molar-refractivity contribution in [1.82, 2.24) is 0 Å². The Kier molecular flexibility index (Phi) is 3.78. The van der Waals surface area contributed by atoms with Crippen LogP contribution in [0.1, 0.15) is 31.2 Å². The molecule has 0 spiro atoms. The van der Waals surface area contributed by atoms with Gasteiger partial charge in [-0.3, -0.25) is 0 Å². The third-order valence-corrected chi connectivity index (χ3v) is 10.9. The van der Waals surface area contributed by atoms with Crippen LogP contribution in [0.2, 0.25) is 4.82 Å². The first-order valence-corrected chi connectivity index (χ1v) is 11.2. The van der Waals surface area contributed by atoms with Gasteiger partial charge in [-0.2, -0.15) is 0 Å². The van der Waals surface area contributed by atoms with E-state index < -0.39 is 13.9 Å². The zero-order valence-electron chi connectivity index (χ0n) is 14.5. The minimum atomic E-state index is -0.933. The Hall–Kier alpha value is -1.64. The van der Waals surface area contributed by atoms with Crippen molar-refractivity contribution in [2.24, 2.45) is 0 Å². The van der Waals surface area contributed by atoms with Crippen molar-refractivity contribution in [3.8, 4) is 17.2 Å². The van der Waals surface area contributed by atoms with Crippen LogP contribution < -0.4 is 18.7 Å². The van der Waals surface area contributed by atoms with E-state index in [1.807, 2.05) is 13.0 Å². The van der Waals surface area contributed by atoms with Gasteiger partial charge in [0.1, 0.15) is 0 Å². The van der Waals surface area contributed by atoms with Gasteiger partial charge in [0.05, 0.1) is 0 Å². The molecular formula is C20H23O3Se+. The summed E-state index contributed by atoms with van der Waals surface area (Å²) in [7, 11) is 1.70. The molecule has 0 radical (unpaired) electrons. The second-order valence-corrected chi connectivity index (χ2v) is 11.4. The molecule has 1 saturated heterocycles. The maximum atomic E-state index is 6.41. The van der Waals surface area contributed by atoms with Gasteiger partial charge >= 0.3 is 148 Å². The van der Waals surface area contributed by atoms with Crippen LogP contribution in [0.25, 0.3) is 0 Å². The summed E-state index contributed by atoms with van der Waals surface area (Å²) in [5.41, 5.74) is 1.17. The van der Waals surface area contributed by atoms with Crippen LogP contribution in [0.15, 0.2) is 42.5 Å². The second kappa shape index (κ2) is 5.72. The molecule has 126 valence electrons. The molecule has 0 amide bonds. The standard InChI is InChI=1S/C20H23O3Se/c1-5-22-17-12-15-14(11-16(17)21-4)18-19(20(2,3)23-15)24(18)13-9-7-6-8-10-13/h6-12,18-19H,5H2,1-4H3/q+1. The maximum absolute atomic E-state index is 6.41. The van der Waals surface area contributed by atoms with Crippen LogP contribution >= 0.6 is 0 Å². The van der Waals surface area contributed by atoms with E-state index in [0.29, 0.717) is 16.2 Å². The molecule has 0 saturated carbocycles. The van der Waals surface area contributed by atoms with Gasteiger partial charge in [-0.25, -0.2) is 0 Å². The summed E-state index contributed by atoms with van der Waals surface area (Å²) in [6.45, 7) is 7.05. The molecule has 2 aliphatic heterocycles. The Morgan fingerprint density at radius 3 is 2.54 bits per heavy atom. The van der Waals surface area contributed by atoms with E-state index in [9.17, 15) is 0 Å². The van der Waals surface area contributed by atoms with Gasteiger partial charge in [0, 0.05) is 0 Å². The fourth-order valence-corrected chi connectivity index (χ4v) is 10.7. The van der Waals surface area contributed by atoms with Crippen molar-refractivity contribution in [2.75, 3.05) is 13.7 Å². The first-order chi connectivity index (χ1) is 11.6. The number of hydrogen-bond acceptors (Lipinski definition) is 3. The van der Waals surface area contributed by atoms with E-state index >= 15 is 0 Å². The number of fused-ring (bicyclic) bond motifs is 3. The van der Waals surface area contributed by atoms with Crippen molar-refractivity contribution in [1.29, 1.82) is 0 Å². The molecule has 2 aliphatic rings. The molecule has 3 nitrogen and oxygen atoms in total. The molecule has 4 heteroatoms. The first-order valence-electron chi connectivity index (χ1n) is 8.37. The van der Waals surface area contributed by atoms with Crippen molar-refractivity contribution >= 4 is 18.4 Å². The summed E-state index contributed by atoms with van der Waals surface area (Å²) in [4.78, 5) is 1.23. The zero-order valence-corrected chi connectivity index (χ0v) is 16.2.